The zero-order valence-corrected chi connectivity index (χ0v) is 10.9. The predicted molar refractivity (Wildman–Crippen MR) is 64.0 cm³/mol. The summed E-state index contributed by atoms with van der Waals surface area (Å²) in [5, 5.41) is 4.01. The third-order valence-corrected chi connectivity index (χ3v) is 2.29. The van der Waals surface area contributed by atoms with E-state index in [1.807, 2.05) is 0 Å². The van der Waals surface area contributed by atoms with Gasteiger partial charge in [-0.05, 0) is 13.8 Å². The number of aromatic nitrogens is 2. The summed E-state index contributed by atoms with van der Waals surface area (Å²) in [5.41, 5.74) is 0.382. The second-order valence-corrected chi connectivity index (χ2v) is 3.82. The molecule has 0 saturated carbocycles. The van der Waals surface area contributed by atoms with Crippen molar-refractivity contribution in [2.75, 3.05) is 13.2 Å². The van der Waals surface area contributed by atoms with E-state index in [4.69, 9.17) is 9.47 Å². The molecule has 0 aromatic carbocycles. The molecule has 1 aromatic heterocycles. The van der Waals surface area contributed by atoms with Gasteiger partial charge in [0.05, 0.1) is 37.4 Å². The highest BCUT2D eigenvalue weighted by Gasteiger charge is 2.16. The van der Waals surface area contributed by atoms with Crippen LogP contribution in [0.15, 0.2) is 12.4 Å². The molecule has 0 radical (unpaired) electrons. The molecule has 0 saturated heterocycles. The van der Waals surface area contributed by atoms with Gasteiger partial charge in [-0.1, -0.05) is 6.92 Å². The maximum absolute atomic E-state index is 11.4. The van der Waals surface area contributed by atoms with Crippen molar-refractivity contribution in [2.45, 2.75) is 27.3 Å². The molecule has 6 heteroatoms. The molecule has 0 amide bonds. The Hall–Kier alpha value is -1.85. The van der Waals surface area contributed by atoms with E-state index < -0.39 is 5.97 Å². The quantitative estimate of drug-likeness (QED) is 0.715. The van der Waals surface area contributed by atoms with Gasteiger partial charge in [-0.15, -0.1) is 0 Å². The lowest BCUT2D eigenvalue weighted by Gasteiger charge is -2.09. The van der Waals surface area contributed by atoms with Crippen LogP contribution in [-0.4, -0.2) is 34.9 Å². The molecule has 0 aliphatic heterocycles. The summed E-state index contributed by atoms with van der Waals surface area (Å²) in [6, 6.07) is 0. The van der Waals surface area contributed by atoms with E-state index in [9.17, 15) is 9.59 Å². The third-order valence-electron chi connectivity index (χ3n) is 2.29. The summed E-state index contributed by atoms with van der Waals surface area (Å²) in [5.74, 6) is -0.988. The van der Waals surface area contributed by atoms with Gasteiger partial charge in [0.1, 0.15) is 0 Å². The molecule has 0 spiro atoms. The molecular weight excluding hydrogens is 236 g/mol. The SMILES string of the molecule is CCOC(=O)c1cnn(CC(C)C(=O)OCC)c1. The Balaban J connectivity index is 2.58. The van der Waals surface area contributed by atoms with Crippen LogP contribution in [0.1, 0.15) is 31.1 Å². The molecule has 0 bridgehead atoms. The van der Waals surface area contributed by atoms with Crippen molar-refractivity contribution in [3.8, 4) is 0 Å². The molecule has 1 atom stereocenters. The van der Waals surface area contributed by atoms with Crippen molar-refractivity contribution in [1.82, 2.24) is 9.78 Å². The smallest absolute Gasteiger partial charge is 0.341 e. The zero-order valence-electron chi connectivity index (χ0n) is 10.9. The number of ether oxygens (including phenoxy) is 2. The van der Waals surface area contributed by atoms with Crippen LogP contribution in [0.2, 0.25) is 0 Å². The minimum absolute atomic E-state index is 0.273. The van der Waals surface area contributed by atoms with E-state index in [0.29, 0.717) is 25.3 Å². The normalized spacial score (nSPS) is 11.9. The Kier molecular flexibility index (Phi) is 5.35. The van der Waals surface area contributed by atoms with E-state index in [0.717, 1.165) is 0 Å². The van der Waals surface area contributed by atoms with E-state index in [2.05, 4.69) is 5.10 Å². The van der Waals surface area contributed by atoms with E-state index >= 15 is 0 Å². The lowest BCUT2D eigenvalue weighted by atomic mass is 10.2. The standard InChI is InChI=1S/C12H18N2O4/c1-4-17-11(15)9(3)7-14-8-10(6-13-14)12(16)18-5-2/h6,8-9H,4-5,7H2,1-3H3. The molecule has 0 aliphatic rings. The summed E-state index contributed by atoms with van der Waals surface area (Å²) in [6.45, 7) is 6.31. The molecule has 6 nitrogen and oxygen atoms in total. The number of carbonyl (C=O) groups excluding carboxylic acids is 2. The number of hydrogen-bond acceptors (Lipinski definition) is 5. The Morgan fingerprint density at radius 2 is 2.00 bits per heavy atom. The number of esters is 2. The van der Waals surface area contributed by atoms with Gasteiger partial charge >= 0.3 is 11.9 Å². The Morgan fingerprint density at radius 3 is 2.61 bits per heavy atom. The first kappa shape index (κ1) is 14.2. The van der Waals surface area contributed by atoms with E-state index in [1.165, 1.54) is 10.9 Å². The molecule has 0 aliphatic carbocycles. The average Bonchev–Trinajstić information content (AvgIpc) is 2.78. The van der Waals surface area contributed by atoms with Gasteiger partial charge in [-0.25, -0.2) is 4.79 Å². The van der Waals surface area contributed by atoms with Gasteiger partial charge in [0.15, 0.2) is 0 Å². The van der Waals surface area contributed by atoms with Gasteiger partial charge in [0.2, 0.25) is 0 Å². The van der Waals surface area contributed by atoms with Crippen LogP contribution >= 0.6 is 0 Å². The first-order chi connectivity index (χ1) is 8.58. The van der Waals surface area contributed by atoms with E-state index in [1.54, 1.807) is 27.0 Å². The van der Waals surface area contributed by atoms with Crippen molar-refractivity contribution in [1.29, 1.82) is 0 Å². The summed E-state index contributed by atoms with van der Waals surface area (Å²) in [6.07, 6.45) is 2.99. The number of nitrogens with zero attached hydrogens (tertiary/aromatic N) is 2. The van der Waals surface area contributed by atoms with Gasteiger partial charge < -0.3 is 9.47 Å². The number of carbonyl (C=O) groups is 2. The Labute approximate surface area is 106 Å². The topological polar surface area (TPSA) is 70.4 Å². The summed E-state index contributed by atoms with van der Waals surface area (Å²) in [4.78, 5) is 22.8. The predicted octanol–water partition coefficient (Wildman–Crippen LogP) is 1.26. The van der Waals surface area contributed by atoms with Crippen molar-refractivity contribution in [3.05, 3.63) is 18.0 Å². The minimum atomic E-state index is -0.410. The Morgan fingerprint density at radius 1 is 1.33 bits per heavy atom. The van der Waals surface area contributed by atoms with Crippen LogP contribution in [0.4, 0.5) is 0 Å². The monoisotopic (exact) mass is 254 g/mol. The maximum Gasteiger partial charge on any atom is 0.341 e. The summed E-state index contributed by atoms with van der Waals surface area (Å²) < 4.78 is 11.3. The van der Waals surface area contributed by atoms with Gasteiger partial charge in [0, 0.05) is 6.20 Å². The number of rotatable bonds is 6. The first-order valence-electron chi connectivity index (χ1n) is 5.94. The lowest BCUT2D eigenvalue weighted by molar-refractivity contribution is -0.147. The highest BCUT2D eigenvalue weighted by atomic mass is 16.5. The van der Waals surface area contributed by atoms with Crippen LogP contribution in [0.5, 0.6) is 0 Å². The van der Waals surface area contributed by atoms with Crippen LogP contribution in [-0.2, 0) is 20.8 Å². The summed E-state index contributed by atoms with van der Waals surface area (Å²) in [7, 11) is 0. The lowest BCUT2D eigenvalue weighted by Crippen LogP contribution is -2.20. The van der Waals surface area contributed by atoms with Crippen molar-refractivity contribution in [2.24, 2.45) is 5.92 Å². The van der Waals surface area contributed by atoms with Gasteiger partial charge in [-0.2, -0.15) is 5.10 Å². The molecule has 1 rings (SSSR count). The fourth-order valence-corrected chi connectivity index (χ4v) is 1.42. The van der Waals surface area contributed by atoms with E-state index in [-0.39, 0.29) is 11.9 Å². The second-order valence-electron chi connectivity index (χ2n) is 3.82. The largest absolute Gasteiger partial charge is 0.466 e. The van der Waals surface area contributed by atoms with Gasteiger partial charge in [-0.3, -0.25) is 9.48 Å². The molecule has 18 heavy (non-hydrogen) atoms. The van der Waals surface area contributed by atoms with Crippen LogP contribution in [0.25, 0.3) is 0 Å². The average molecular weight is 254 g/mol. The molecule has 1 heterocycles. The number of hydrogen-bond donors (Lipinski definition) is 0. The molecule has 0 N–H and O–H groups in total. The molecule has 1 aromatic rings. The summed E-state index contributed by atoms with van der Waals surface area (Å²) >= 11 is 0. The maximum atomic E-state index is 11.4. The van der Waals surface area contributed by atoms with Gasteiger partial charge in [0.25, 0.3) is 0 Å². The van der Waals surface area contributed by atoms with Crippen molar-refractivity contribution >= 4 is 11.9 Å². The minimum Gasteiger partial charge on any atom is -0.466 e. The highest BCUT2D eigenvalue weighted by molar-refractivity contribution is 5.88. The van der Waals surface area contributed by atoms with Crippen LogP contribution in [0, 0.1) is 5.92 Å². The van der Waals surface area contributed by atoms with Crippen LogP contribution < -0.4 is 0 Å². The molecule has 100 valence electrons. The second kappa shape index (κ2) is 6.78. The first-order valence-corrected chi connectivity index (χ1v) is 5.94. The molecular formula is C12H18N2O4. The Bertz CT molecular complexity index is 414. The molecule has 0 fully saturated rings. The highest BCUT2D eigenvalue weighted by Crippen LogP contribution is 2.06. The fraction of sp³-hybridized carbons (Fsp3) is 0.583. The van der Waals surface area contributed by atoms with Crippen LogP contribution in [0.3, 0.4) is 0 Å². The molecule has 1 unspecified atom stereocenters. The zero-order chi connectivity index (χ0) is 13.5. The van der Waals surface area contributed by atoms with Crippen molar-refractivity contribution < 1.29 is 19.1 Å². The van der Waals surface area contributed by atoms with Crippen molar-refractivity contribution in [3.63, 3.8) is 0 Å². The fourth-order valence-electron chi connectivity index (χ4n) is 1.42. The third kappa shape index (κ3) is 3.87.